The van der Waals surface area contributed by atoms with Gasteiger partial charge in [-0.05, 0) is 84.5 Å². The highest BCUT2D eigenvalue weighted by Gasteiger charge is 2.22. The van der Waals surface area contributed by atoms with Gasteiger partial charge in [0.15, 0.2) is 0 Å². The fraction of sp³-hybridized carbons (Fsp3) is 0.520. The molecule has 0 heterocycles. The highest BCUT2D eigenvalue weighted by molar-refractivity contribution is 9.11. The minimum atomic E-state index is 1.07. The summed E-state index contributed by atoms with van der Waals surface area (Å²) in [7, 11) is 0. The zero-order valence-electron chi connectivity index (χ0n) is 17.5. The molecule has 0 spiro atoms. The molecule has 0 amide bonds. The van der Waals surface area contributed by atoms with Crippen molar-refractivity contribution in [2.45, 2.75) is 64.2 Å². The molecule has 0 saturated carbocycles. The maximum absolute atomic E-state index is 3.78. The first-order valence-corrected chi connectivity index (χ1v) is 15.8. The Morgan fingerprint density at radius 2 is 1.20 bits per heavy atom. The third kappa shape index (κ3) is 8.65. The van der Waals surface area contributed by atoms with Crippen LogP contribution in [-0.2, 0) is 12.8 Å². The van der Waals surface area contributed by atoms with Crippen molar-refractivity contribution in [2.75, 3.05) is 16.0 Å². The first kappa shape index (κ1) is 27.1. The Kier molecular flexibility index (Phi) is 14.1. The van der Waals surface area contributed by atoms with Crippen LogP contribution in [0, 0.1) is 0 Å². The van der Waals surface area contributed by atoms with Crippen LogP contribution < -0.4 is 0 Å². The molecule has 0 radical (unpaired) electrons. The molecule has 0 unspecified atom stereocenters. The molecule has 0 nitrogen and oxygen atoms in total. The Labute approximate surface area is 225 Å². The van der Waals surface area contributed by atoms with Crippen molar-refractivity contribution in [3.8, 4) is 11.1 Å². The van der Waals surface area contributed by atoms with E-state index in [9.17, 15) is 0 Å². The fourth-order valence-corrected chi connectivity index (χ4v) is 6.01. The minimum Gasteiger partial charge on any atom is -0.0928 e. The lowest BCUT2D eigenvalue weighted by Crippen LogP contribution is -1.95. The number of hydrogen-bond donors (Lipinski definition) is 0. The van der Waals surface area contributed by atoms with Crippen LogP contribution in [0.1, 0.15) is 68.1 Å². The number of halogens is 5. The van der Waals surface area contributed by atoms with Crippen molar-refractivity contribution in [1.82, 2.24) is 0 Å². The van der Waals surface area contributed by atoms with E-state index >= 15 is 0 Å². The maximum atomic E-state index is 3.78. The average Bonchev–Trinajstić information content (AvgIpc) is 3.10. The smallest absolute Gasteiger partial charge is 0.0210 e. The van der Waals surface area contributed by atoms with Crippen LogP contribution in [-0.4, -0.2) is 16.0 Å². The van der Waals surface area contributed by atoms with E-state index in [1.165, 1.54) is 94.6 Å². The van der Waals surface area contributed by atoms with Crippen molar-refractivity contribution < 1.29 is 0 Å². The Hall–Kier alpha value is 0.840. The largest absolute Gasteiger partial charge is 0.0928 e. The molecule has 1 aliphatic carbocycles. The van der Waals surface area contributed by atoms with E-state index < -0.39 is 0 Å². The molecule has 2 aromatic carbocycles. The SMILES string of the molecule is BrCCCCCCBr.BrCCCCCCc1c(Br)ccc2c1Cc1cc(Br)ccc1-2. The van der Waals surface area contributed by atoms with Gasteiger partial charge in [0.05, 0.1) is 0 Å². The Morgan fingerprint density at radius 1 is 0.633 bits per heavy atom. The Bertz CT molecular complexity index is 766. The highest BCUT2D eigenvalue weighted by Crippen LogP contribution is 2.42. The molecule has 0 fully saturated rings. The van der Waals surface area contributed by atoms with Gasteiger partial charge < -0.3 is 0 Å². The van der Waals surface area contributed by atoms with Crippen molar-refractivity contribution in [2.24, 2.45) is 0 Å². The minimum absolute atomic E-state index is 1.07. The first-order chi connectivity index (χ1) is 14.6. The molecule has 3 rings (SSSR count). The van der Waals surface area contributed by atoms with Crippen LogP contribution in [0.2, 0.25) is 0 Å². The van der Waals surface area contributed by atoms with Gasteiger partial charge in [0.25, 0.3) is 0 Å². The van der Waals surface area contributed by atoms with Crippen LogP contribution in [0.15, 0.2) is 39.3 Å². The summed E-state index contributed by atoms with van der Waals surface area (Å²) < 4.78 is 2.45. The topological polar surface area (TPSA) is 0 Å². The summed E-state index contributed by atoms with van der Waals surface area (Å²) in [6.45, 7) is 0. The van der Waals surface area contributed by atoms with Gasteiger partial charge in [0, 0.05) is 24.9 Å². The third-order valence-electron chi connectivity index (χ3n) is 5.43. The van der Waals surface area contributed by atoms with Gasteiger partial charge in [-0.25, -0.2) is 0 Å². The summed E-state index contributed by atoms with van der Waals surface area (Å²) in [4.78, 5) is 0. The predicted octanol–water partition coefficient (Wildman–Crippen LogP) is 10.6. The normalized spacial score (nSPS) is 11.6. The molecule has 0 aliphatic heterocycles. The van der Waals surface area contributed by atoms with Crippen molar-refractivity contribution in [3.63, 3.8) is 0 Å². The highest BCUT2D eigenvalue weighted by atomic mass is 79.9. The third-order valence-corrected chi connectivity index (χ3v) is 8.34. The molecule has 0 aromatic heterocycles. The molecule has 0 saturated heterocycles. The van der Waals surface area contributed by atoms with Crippen LogP contribution in [0.3, 0.4) is 0 Å². The zero-order chi connectivity index (χ0) is 21.8. The summed E-state index contributed by atoms with van der Waals surface area (Å²) in [6.07, 6.45) is 12.9. The van der Waals surface area contributed by atoms with Crippen LogP contribution in [0.25, 0.3) is 11.1 Å². The van der Waals surface area contributed by atoms with E-state index in [0.29, 0.717) is 0 Å². The molecule has 1 aliphatic rings. The van der Waals surface area contributed by atoms with Crippen LogP contribution in [0.5, 0.6) is 0 Å². The zero-order valence-corrected chi connectivity index (χ0v) is 25.4. The second-order valence-corrected chi connectivity index (χ2v) is 11.8. The second-order valence-electron chi connectivity index (χ2n) is 7.68. The van der Waals surface area contributed by atoms with E-state index in [2.05, 4.69) is 110 Å². The van der Waals surface area contributed by atoms with E-state index in [0.717, 1.165) is 22.4 Å². The number of rotatable bonds is 11. The van der Waals surface area contributed by atoms with Gasteiger partial charge in [-0.3, -0.25) is 0 Å². The molecule has 2 aromatic rings. The summed E-state index contributed by atoms with van der Waals surface area (Å²) in [5, 5.41) is 3.45. The van der Waals surface area contributed by atoms with Gasteiger partial charge >= 0.3 is 0 Å². The second kappa shape index (κ2) is 15.6. The Balaban J connectivity index is 0.000000343. The van der Waals surface area contributed by atoms with Crippen molar-refractivity contribution >= 4 is 79.6 Å². The molecular weight excluding hydrogens is 700 g/mol. The van der Waals surface area contributed by atoms with E-state index in [-0.39, 0.29) is 0 Å². The summed E-state index contributed by atoms with van der Waals surface area (Å²) >= 11 is 17.7. The van der Waals surface area contributed by atoms with Gasteiger partial charge in [-0.1, -0.05) is 117 Å². The standard InChI is InChI=1S/C19H19Br3.C6H12Br2/c20-10-4-2-1-3-5-17-18-12-13-11-14(21)6-7-15(13)16(18)8-9-19(17)22;7-5-3-1-2-4-6-8/h6-9,11H,1-5,10,12H2;1-6H2. The fourth-order valence-electron chi connectivity index (χ4n) is 3.84. The summed E-state index contributed by atoms with van der Waals surface area (Å²) in [5.41, 5.74) is 7.34. The first-order valence-electron chi connectivity index (χ1n) is 10.9. The number of benzene rings is 2. The average molecular weight is 731 g/mol. The quantitative estimate of drug-likeness (QED) is 0.136. The molecule has 0 atom stereocenters. The Morgan fingerprint density at radius 3 is 1.80 bits per heavy atom. The van der Waals surface area contributed by atoms with E-state index in [1.807, 2.05) is 0 Å². The van der Waals surface area contributed by atoms with E-state index in [1.54, 1.807) is 0 Å². The molecule has 0 N–H and O–H groups in total. The van der Waals surface area contributed by atoms with Crippen LogP contribution >= 0.6 is 79.6 Å². The molecule has 30 heavy (non-hydrogen) atoms. The lowest BCUT2D eigenvalue weighted by Gasteiger charge is -2.11. The van der Waals surface area contributed by atoms with Gasteiger partial charge in [0.2, 0.25) is 0 Å². The molecule has 166 valence electrons. The molecule has 0 bridgehead atoms. The van der Waals surface area contributed by atoms with Gasteiger partial charge in [0.1, 0.15) is 0 Å². The van der Waals surface area contributed by atoms with Gasteiger partial charge in [-0.15, -0.1) is 0 Å². The number of fused-ring (bicyclic) bond motifs is 3. The van der Waals surface area contributed by atoms with Crippen LogP contribution in [0.4, 0.5) is 0 Å². The lowest BCUT2D eigenvalue weighted by atomic mass is 9.97. The monoisotopic (exact) mass is 726 g/mol. The summed E-state index contributed by atoms with van der Waals surface area (Å²) in [6, 6.07) is 11.2. The maximum Gasteiger partial charge on any atom is 0.0210 e. The summed E-state index contributed by atoms with van der Waals surface area (Å²) in [5.74, 6) is 0. The van der Waals surface area contributed by atoms with Gasteiger partial charge in [-0.2, -0.15) is 0 Å². The van der Waals surface area contributed by atoms with E-state index in [4.69, 9.17) is 0 Å². The van der Waals surface area contributed by atoms with Crippen molar-refractivity contribution in [3.05, 3.63) is 56.0 Å². The lowest BCUT2D eigenvalue weighted by molar-refractivity contribution is 0.669. The number of unbranched alkanes of at least 4 members (excludes halogenated alkanes) is 6. The number of hydrogen-bond acceptors (Lipinski definition) is 0. The number of alkyl halides is 3. The molecular formula is C25H31Br5. The predicted molar refractivity (Wildman–Crippen MR) is 152 cm³/mol. The molecule has 5 heteroatoms. The van der Waals surface area contributed by atoms with Crippen molar-refractivity contribution in [1.29, 1.82) is 0 Å².